The zero-order valence-electron chi connectivity index (χ0n) is 11.5. The monoisotopic (exact) mass is 228 g/mol. The first-order chi connectivity index (χ1) is 7.52. The maximum absolute atomic E-state index is 5.51. The Balaban J connectivity index is 2.53. The van der Waals surface area contributed by atoms with E-state index in [-0.39, 0.29) is 0 Å². The van der Waals surface area contributed by atoms with Crippen LogP contribution in [0.4, 0.5) is 0 Å². The maximum atomic E-state index is 5.51. The first-order valence-electron chi connectivity index (χ1n) is 6.59. The largest absolute Gasteiger partial charge is 0.379 e. The Morgan fingerprint density at radius 3 is 2.50 bits per heavy atom. The number of nitrogens with zero attached hydrogens (tertiary/aromatic N) is 1. The summed E-state index contributed by atoms with van der Waals surface area (Å²) in [4.78, 5) is 2.60. The van der Waals surface area contributed by atoms with Crippen molar-refractivity contribution in [1.82, 2.24) is 10.2 Å². The summed E-state index contributed by atoms with van der Waals surface area (Å²) in [6.07, 6.45) is 0. The summed E-state index contributed by atoms with van der Waals surface area (Å²) >= 11 is 0. The lowest BCUT2D eigenvalue weighted by Crippen LogP contribution is -2.55. The molecule has 1 N–H and O–H groups in total. The molecule has 0 amide bonds. The molecule has 3 heteroatoms. The van der Waals surface area contributed by atoms with E-state index in [1.807, 2.05) is 0 Å². The molecular formula is C13H28N2O. The Morgan fingerprint density at radius 2 is 2.00 bits per heavy atom. The van der Waals surface area contributed by atoms with Gasteiger partial charge in [-0.25, -0.2) is 0 Å². The third kappa shape index (κ3) is 4.04. The van der Waals surface area contributed by atoms with E-state index < -0.39 is 0 Å². The van der Waals surface area contributed by atoms with Gasteiger partial charge in [-0.1, -0.05) is 27.7 Å². The van der Waals surface area contributed by atoms with Crippen LogP contribution in [0.2, 0.25) is 0 Å². The van der Waals surface area contributed by atoms with Crippen LogP contribution in [-0.4, -0.2) is 49.3 Å². The summed E-state index contributed by atoms with van der Waals surface area (Å²) in [6, 6.07) is 1.74. The quantitative estimate of drug-likeness (QED) is 0.775. The van der Waals surface area contributed by atoms with E-state index in [0.717, 1.165) is 26.3 Å². The normalized spacial score (nSPS) is 25.3. The van der Waals surface area contributed by atoms with Gasteiger partial charge < -0.3 is 10.1 Å². The number of rotatable bonds is 5. The molecule has 0 spiro atoms. The highest BCUT2D eigenvalue weighted by molar-refractivity contribution is 4.83. The van der Waals surface area contributed by atoms with Crippen molar-refractivity contribution in [2.24, 2.45) is 5.92 Å². The lowest BCUT2D eigenvalue weighted by molar-refractivity contribution is -0.0314. The molecule has 2 unspecified atom stereocenters. The van der Waals surface area contributed by atoms with Gasteiger partial charge in [0.25, 0.3) is 0 Å². The highest BCUT2D eigenvalue weighted by Gasteiger charge is 2.28. The van der Waals surface area contributed by atoms with Crippen LogP contribution in [0.25, 0.3) is 0 Å². The molecule has 3 nitrogen and oxygen atoms in total. The molecule has 0 bridgehead atoms. The predicted molar refractivity (Wildman–Crippen MR) is 68.8 cm³/mol. The molecule has 0 aromatic carbocycles. The van der Waals surface area contributed by atoms with E-state index in [1.54, 1.807) is 0 Å². The van der Waals surface area contributed by atoms with Gasteiger partial charge in [-0.3, -0.25) is 4.90 Å². The van der Waals surface area contributed by atoms with Crippen molar-refractivity contribution >= 4 is 0 Å². The lowest BCUT2D eigenvalue weighted by atomic mass is 10.00. The Bertz CT molecular complexity index is 194. The fraction of sp³-hybridized carbons (Fsp3) is 1.00. The molecule has 0 aliphatic carbocycles. The van der Waals surface area contributed by atoms with Crippen LogP contribution >= 0.6 is 0 Å². The molecule has 0 aromatic heterocycles. The summed E-state index contributed by atoms with van der Waals surface area (Å²) in [6.45, 7) is 15.2. The molecular weight excluding hydrogens is 200 g/mol. The molecule has 0 aromatic rings. The number of hydrogen-bond donors (Lipinski definition) is 1. The van der Waals surface area contributed by atoms with Crippen molar-refractivity contribution < 1.29 is 4.74 Å². The molecule has 16 heavy (non-hydrogen) atoms. The standard InChI is InChI=1S/C13H28N2O/c1-10(2)13(8-14-11(3)4)15-6-7-16-9-12(15)5/h10-14H,6-9H2,1-5H3. The van der Waals surface area contributed by atoms with Gasteiger partial charge in [-0.15, -0.1) is 0 Å². The summed E-state index contributed by atoms with van der Waals surface area (Å²) in [5.41, 5.74) is 0. The Morgan fingerprint density at radius 1 is 1.31 bits per heavy atom. The summed E-state index contributed by atoms with van der Waals surface area (Å²) in [5.74, 6) is 0.687. The fourth-order valence-corrected chi connectivity index (χ4v) is 2.33. The van der Waals surface area contributed by atoms with E-state index in [1.165, 1.54) is 0 Å². The molecule has 1 rings (SSSR count). The lowest BCUT2D eigenvalue weighted by Gasteiger charge is -2.41. The van der Waals surface area contributed by atoms with Crippen molar-refractivity contribution in [3.8, 4) is 0 Å². The highest BCUT2D eigenvalue weighted by atomic mass is 16.5. The summed E-state index contributed by atoms with van der Waals surface area (Å²) in [5, 5.41) is 3.56. The first kappa shape index (κ1) is 13.9. The van der Waals surface area contributed by atoms with Gasteiger partial charge in [0.15, 0.2) is 0 Å². The fourth-order valence-electron chi connectivity index (χ4n) is 2.33. The van der Waals surface area contributed by atoms with Crippen molar-refractivity contribution in [3.05, 3.63) is 0 Å². The van der Waals surface area contributed by atoms with E-state index in [4.69, 9.17) is 4.74 Å². The van der Waals surface area contributed by atoms with Crippen LogP contribution in [0.3, 0.4) is 0 Å². The second-order valence-electron chi connectivity index (χ2n) is 5.54. The molecule has 1 aliphatic heterocycles. The maximum Gasteiger partial charge on any atom is 0.0619 e. The van der Waals surface area contributed by atoms with Gasteiger partial charge in [0, 0.05) is 31.2 Å². The van der Waals surface area contributed by atoms with Crippen LogP contribution in [0.5, 0.6) is 0 Å². The van der Waals surface area contributed by atoms with Crippen LogP contribution in [0.1, 0.15) is 34.6 Å². The minimum Gasteiger partial charge on any atom is -0.379 e. The molecule has 96 valence electrons. The van der Waals surface area contributed by atoms with E-state index in [9.17, 15) is 0 Å². The molecule has 2 atom stereocenters. The van der Waals surface area contributed by atoms with Gasteiger partial charge in [-0.05, 0) is 12.8 Å². The second kappa shape index (κ2) is 6.58. The average molecular weight is 228 g/mol. The van der Waals surface area contributed by atoms with Gasteiger partial charge in [-0.2, -0.15) is 0 Å². The van der Waals surface area contributed by atoms with Crippen LogP contribution in [0, 0.1) is 5.92 Å². The molecule has 0 radical (unpaired) electrons. The minimum atomic E-state index is 0.551. The average Bonchev–Trinajstić information content (AvgIpc) is 2.20. The zero-order valence-corrected chi connectivity index (χ0v) is 11.5. The van der Waals surface area contributed by atoms with E-state index in [2.05, 4.69) is 44.8 Å². The van der Waals surface area contributed by atoms with Gasteiger partial charge in [0.1, 0.15) is 0 Å². The second-order valence-corrected chi connectivity index (χ2v) is 5.54. The van der Waals surface area contributed by atoms with Crippen molar-refractivity contribution in [3.63, 3.8) is 0 Å². The van der Waals surface area contributed by atoms with Crippen molar-refractivity contribution in [1.29, 1.82) is 0 Å². The van der Waals surface area contributed by atoms with Crippen molar-refractivity contribution in [2.75, 3.05) is 26.3 Å². The zero-order chi connectivity index (χ0) is 12.1. The van der Waals surface area contributed by atoms with Crippen LogP contribution in [0.15, 0.2) is 0 Å². The first-order valence-corrected chi connectivity index (χ1v) is 6.59. The number of morpholine rings is 1. The molecule has 1 saturated heterocycles. The third-order valence-electron chi connectivity index (χ3n) is 3.35. The molecule has 0 saturated carbocycles. The molecule has 1 heterocycles. The molecule has 1 aliphatic rings. The highest BCUT2D eigenvalue weighted by Crippen LogP contribution is 2.16. The van der Waals surface area contributed by atoms with Gasteiger partial charge in [0.2, 0.25) is 0 Å². The Kier molecular flexibility index (Phi) is 5.73. The summed E-state index contributed by atoms with van der Waals surface area (Å²) in [7, 11) is 0. The summed E-state index contributed by atoms with van der Waals surface area (Å²) < 4.78 is 5.51. The number of hydrogen-bond acceptors (Lipinski definition) is 3. The number of nitrogens with one attached hydrogen (secondary N) is 1. The van der Waals surface area contributed by atoms with Gasteiger partial charge >= 0.3 is 0 Å². The van der Waals surface area contributed by atoms with E-state index >= 15 is 0 Å². The Labute approximate surface area is 101 Å². The third-order valence-corrected chi connectivity index (χ3v) is 3.35. The van der Waals surface area contributed by atoms with Gasteiger partial charge in [0.05, 0.1) is 13.2 Å². The SMILES string of the molecule is CC(C)NCC(C(C)C)N1CCOCC1C. The van der Waals surface area contributed by atoms with Crippen molar-refractivity contribution in [2.45, 2.75) is 52.7 Å². The number of ether oxygens (including phenoxy) is 1. The van der Waals surface area contributed by atoms with E-state index in [0.29, 0.717) is 24.0 Å². The Hall–Kier alpha value is -0.120. The van der Waals surface area contributed by atoms with Crippen LogP contribution in [-0.2, 0) is 4.74 Å². The predicted octanol–water partition coefficient (Wildman–Crippen LogP) is 1.73. The topological polar surface area (TPSA) is 24.5 Å². The minimum absolute atomic E-state index is 0.551. The van der Waals surface area contributed by atoms with Crippen LogP contribution < -0.4 is 5.32 Å². The smallest absolute Gasteiger partial charge is 0.0619 e. The molecule has 1 fully saturated rings.